The Labute approximate surface area is 90.3 Å². The Morgan fingerprint density at radius 3 is 2.19 bits per heavy atom. The second-order valence-corrected chi connectivity index (χ2v) is 4.56. The summed E-state index contributed by atoms with van der Waals surface area (Å²) in [6.07, 6.45) is 0.899. The van der Waals surface area contributed by atoms with Crippen molar-refractivity contribution in [1.82, 2.24) is 0 Å². The lowest BCUT2D eigenvalue weighted by Gasteiger charge is -2.24. The fourth-order valence-electron chi connectivity index (χ4n) is 2.96. The van der Waals surface area contributed by atoms with E-state index < -0.39 is 17.3 Å². The number of halogens is 4. The molecule has 16 heavy (non-hydrogen) atoms. The summed E-state index contributed by atoms with van der Waals surface area (Å²) in [7, 11) is 0. The van der Waals surface area contributed by atoms with Crippen molar-refractivity contribution >= 4 is 0 Å². The lowest BCUT2D eigenvalue weighted by molar-refractivity contribution is -0.0278. The summed E-state index contributed by atoms with van der Waals surface area (Å²) in [4.78, 5) is 0. The molecule has 0 bridgehead atoms. The molecule has 1 spiro atoms. The molecule has 0 saturated heterocycles. The third-order valence-electron chi connectivity index (χ3n) is 3.88. The molecule has 1 aromatic carbocycles. The lowest BCUT2D eigenvalue weighted by Crippen LogP contribution is -2.24. The van der Waals surface area contributed by atoms with E-state index in [1.165, 1.54) is 6.07 Å². The first-order valence-electron chi connectivity index (χ1n) is 5.29. The molecule has 2 aliphatic rings. The van der Waals surface area contributed by atoms with Crippen LogP contribution in [-0.4, -0.2) is 11.8 Å². The van der Waals surface area contributed by atoms with Crippen molar-refractivity contribution in [3.63, 3.8) is 0 Å². The van der Waals surface area contributed by atoms with Crippen molar-refractivity contribution in [2.75, 3.05) is 0 Å². The highest BCUT2D eigenvalue weighted by Gasteiger charge is 2.96. The standard InChI is InChI=1S/C12H10F4/c13-11(14)10(12(11,15)16)7-3-5-8-4-1-2-6-9(8)10/h1-2,4,6H,3,5,7H2. The van der Waals surface area contributed by atoms with Gasteiger partial charge in [0.15, 0.2) is 0 Å². The van der Waals surface area contributed by atoms with E-state index in [4.69, 9.17) is 0 Å². The van der Waals surface area contributed by atoms with E-state index in [9.17, 15) is 17.6 Å². The van der Waals surface area contributed by atoms with E-state index in [1.807, 2.05) is 0 Å². The summed E-state index contributed by atoms with van der Waals surface area (Å²) < 4.78 is 53.5. The smallest absolute Gasteiger partial charge is 0.199 e. The third-order valence-corrected chi connectivity index (χ3v) is 3.88. The number of rotatable bonds is 0. The molecular formula is C12H10F4. The Bertz CT molecular complexity index is 436. The normalized spacial score (nSPS) is 27.5. The second-order valence-electron chi connectivity index (χ2n) is 4.56. The van der Waals surface area contributed by atoms with Crippen LogP contribution in [0.1, 0.15) is 24.0 Å². The highest BCUT2D eigenvalue weighted by Crippen LogP contribution is 2.75. The first kappa shape index (κ1) is 10.1. The summed E-state index contributed by atoms with van der Waals surface area (Å²) in [5.41, 5.74) is -1.42. The molecule has 3 rings (SSSR count). The van der Waals surface area contributed by atoms with Gasteiger partial charge in [-0.25, -0.2) is 0 Å². The average Bonchev–Trinajstić information content (AvgIpc) is 2.59. The first-order valence-corrected chi connectivity index (χ1v) is 5.29. The predicted octanol–water partition coefficient (Wildman–Crippen LogP) is 3.54. The number of fused-ring (bicyclic) bond motifs is 2. The fourth-order valence-corrected chi connectivity index (χ4v) is 2.96. The van der Waals surface area contributed by atoms with Gasteiger partial charge >= 0.3 is 11.8 Å². The minimum Gasteiger partial charge on any atom is -0.199 e. The van der Waals surface area contributed by atoms with Crippen LogP contribution in [0.2, 0.25) is 0 Å². The molecule has 1 saturated carbocycles. The van der Waals surface area contributed by atoms with Crippen LogP contribution < -0.4 is 0 Å². The highest BCUT2D eigenvalue weighted by atomic mass is 19.3. The van der Waals surface area contributed by atoms with Gasteiger partial charge < -0.3 is 0 Å². The topological polar surface area (TPSA) is 0 Å². The fraction of sp³-hybridized carbons (Fsp3) is 0.500. The van der Waals surface area contributed by atoms with Crippen molar-refractivity contribution in [2.45, 2.75) is 36.5 Å². The molecule has 0 radical (unpaired) electrons. The van der Waals surface area contributed by atoms with Crippen molar-refractivity contribution in [2.24, 2.45) is 0 Å². The van der Waals surface area contributed by atoms with Crippen molar-refractivity contribution in [1.29, 1.82) is 0 Å². The Morgan fingerprint density at radius 2 is 1.56 bits per heavy atom. The molecule has 1 fully saturated rings. The molecule has 0 nitrogen and oxygen atoms in total. The van der Waals surface area contributed by atoms with Crippen LogP contribution in [0, 0.1) is 0 Å². The number of aryl methyl sites for hydroxylation is 1. The number of benzene rings is 1. The summed E-state index contributed by atoms with van der Waals surface area (Å²) in [5, 5.41) is 0. The summed E-state index contributed by atoms with van der Waals surface area (Å²) >= 11 is 0. The van der Waals surface area contributed by atoms with Crippen LogP contribution in [0.5, 0.6) is 0 Å². The predicted molar refractivity (Wildman–Crippen MR) is 51.0 cm³/mol. The van der Waals surface area contributed by atoms with Gasteiger partial charge in [-0.15, -0.1) is 0 Å². The largest absolute Gasteiger partial charge is 0.326 e. The van der Waals surface area contributed by atoms with Gasteiger partial charge in [0.25, 0.3) is 0 Å². The summed E-state index contributed by atoms with van der Waals surface area (Å²) in [5.74, 6) is -7.76. The van der Waals surface area contributed by atoms with Gasteiger partial charge in [0, 0.05) is 0 Å². The van der Waals surface area contributed by atoms with Gasteiger partial charge in [0.2, 0.25) is 0 Å². The third kappa shape index (κ3) is 0.803. The molecule has 0 N–H and O–H groups in total. The summed E-state index contributed by atoms with van der Waals surface area (Å²) in [6, 6.07) is 6.34. The minimum atomic E-state index is -3.88. The lowest BCUT2D eigenvalue weighted by atomic mass is 9.79. The van der Waals surface area contributed by atoms with Crippen LogP contribution in [0.25, 0.3) is 0 Å². The number of alkyl halides is 4. The molecule has 4 heteroatoms. The molecule has 0 atom stereocenters. The van der Waals surface area contributed by atoms with Gasteiger partial charge in [-0.2, -0.15) is 17.6 Å². The molecule has 2 aliphatic carbocycles. The summed E-state index contributed by atoms with van der Waals surface area (Å²) in [6.45, 7) is 0. The molecule has 86 valence electrons. The molecule has 0 heterocycles. The Kier molecular flexibility index (Phi) is 1.65. The van der Waals surface area contributed by atoms with E-state index in [1.54, 1.807) is 18.2 Å². The molecule has 0 amide bonds. The van der Waals surface area contributed by atoms with Crippen LogP contribution >= 0.6 is 0 Å². The van der Waals surface area contributed by atoms with E-state index in [0.717, 1.165) is 0 Å². The Hall–Kier alpha value is -1.06. The molecule has 0 aromatic heterocycles. The Balaban J connectivity index is 2.21. The average molecular weight is 230 g/mol. The van der Waals surface area contributed by atoms with Gasteiger partial charge in [-0.05, 0) is 30.4 Å². The van der Waals surface area contributed by atoms with Crippen LogP contribution in [-0.2, 0) is 11.8 Å². The van der Waals surface area contributed by atoms with Crippen molar-refractivity contribution < 1.29 is 17.6 Å². The van der Waals surface area contributed by atoms with Crippen LogP contribution in [0.3, 0.4) is 0 Å². The number of hydrogen-bond acceptors (Lipinski definition) is 0. The Morgan fingerprint density at radius 1 is 0.938 bits per heavy atom. The van der Waals surface area contributed by atoms with Gasteiger partial charge in [0.1, 0.15) is 5.41 Å². The minimum absolute atomic E-state index is 0.121. The maximum absolute atomic E-state index is 13.4. The number of hydrogen-bond donors (Lipinski definition) is 0. The molecule has 1 aromatic rings. The molecular weight excluding hydrogens is 220 g/mol. The monoisotopic (exact) mass is 230 g/mol. The van der Waals surface area contributed by atoms with Crippen molar-refractivity contribution in [3.8, 4) is 0 Å². The maximum atomic E-state index is 13.4. The zero-order valence-corrected chi connectivity index (χ0v) is 8.44. The quantitative estimate of drug-likeness (QED) is 0.598. The van der Waals surface area contributed by atoms with Crippen LogP contribution in [0.15, 0.2) is 24.3 Å². The zero-order chi connectivity index (χ0) is 11.6. The van der Waals surface area contributed by atoms with Gasteiger partial charge in [0.05, 0.1) is 0 Å². The van der Waals surface area contributed by atoms with Gasteiger partial charge in [-0.3, -0.25) is 0 Å². The second kappa shape index (κ2) is 2.60. The van der Waals surface area contributed by atoms with E-state index in [-0.39, 0.29) is 12.0 Å². The molecule has 0 unspecified atom stereocenters. The van der Waals surface area contributed by atoms with Crippen LogP contribution in [0.4, 0.5) is 17.6 Å². The molecule has 0 aliphatic heterocycles. The van der Waals surface area contributed by atoms with E-state index >= 15 is 0 Å². The zero-order valence-electron chi connectivity index (χ0n) is 8.44. The van der Waals surface area contributed by atoms with Gasteiger partial charge in [-0.1, -0.05) is 24.3 Å². The van der Waals surface area contributed by atoms with Crippen molar-refractivity contribution in [3.05, 3.63) is 35.4 Å². The maximum Gasteiger partial charge on any atom is 0.326 e. The highest BCUT2D eigenvalue weighted by molar-refractivity contribution is 5.51. The first-order chi connectivity index (χ1) is 7.45. The van der Waals surface area contributed by atoms with E-state index in [2.05, 4.69) is 0 Å². The van der Waals surface area contributed by atoms with E-state index in [0.29, 0.717) is 18.4 Å². The SMILES string of the molecule is FC1(F)C(F)(F)C12CCCc1ccccc12.